The van der Waals surface area contributed by atoms with E-state index < -0.39 is 0 Å². The number of nitrogens with one attached hydrogen (secondary N) is 2. The number of aromatic amines is 2. The van der Waals surface area contributed by atoms with Crippen LogP contribution in [0.3, 0.4) is 0 Å². The van der Waals surface area contributed by atoms with E-state index in [1.54, 1.807) is 0 Å². The molecule has 0 aliphatic rings. The Labute approximate surface area is 305 Å². The van der Waals surface area contributed by atoms with Gasteiger partial charge in [-0.15, -0.1) is 0 Å². The van der Waals surface area contributed by atoms with Crippen molar-refractivity contribution >= 4 is 33.7 Å². The molecular weight excluding hydrogens is 640 g/mol. The van der Waals surface area contributed by atoms with E-state index in [0.717, 1.165) is 65.0 Å². The molecular formula is C43H62N2O6. The van der Waals surface area contributed by atoms with Crippen LogP contribution < -0.4 is 9.47 Å². The lowest BCUT2D eigenvalue weighted by Gasteiger charge is -2.42. The molecule has 51 heavy (non-hydrogen) atoms. The fourth-order valence-corrected chi connectivity index (χ4v) is 8.89. The number of H-pyrrole nitrogens is 2. The second-order valence-corrected chi connectivity index (χ2v) is 17.4. The molecule has 0 atom stereocenters. The first kappa shape index (κ1) is 40.2. The van der Waals surface area contributed by atoms with Gasteiger partial charge in [0.05, 0.1) is 26.1 Å². The zero-order valence-electron chi connectivity index (χ0n) is 32.8. The summed E-state index contributed by atoms with van der Waals surface area (Å²) in [6, 6.07) is 11.6. The van der Waals surface area contributed by atoms with Gasteiger partial charge in [-0.05, 0) is 103 Å². The summed E-state index contributed by atoms with van der Waals surface area (Å²) in [5.41, 5.74) is 3.40. The van der Waals surface area contributed by atoms with Crippen LogP contribution >= 0.6 is 0 Å². The van der Waals surface area contributed by atoms with Crippen molar-refractivity contribution in [3.63, 3.8) is 0 Å². The van der Waals surface area contributed by atoms with E-state index >= 15 is 0 Å². The fourth-order valence-electron chi connectivity index (χ4n) is 8.89. The molecule has 0 spiro atoms. The number of carbonyl (C=O) groups is 2. The standard InChI is InChI=1S/C43H62N2O6/c1-11-48-21-19-30-25-44-32-15-13-17-34(38(30)32)50-36(46)23-40(3,4)27-42(7,8)29-43(9,10)28-41(5,6)24-37(47)51-35-18-14-16-33-39(35)31(26-45-33)20-22-49-12-2/h13-18,25-26,44-45H,11-12,19-24,27-29H2,1-10H3. The predicted octanol–water partition coefficient (Wildman–Crippen LogP) is 10.4. The highest BCUT2D eigenvalue weighted by atomic mass is 16.5. The molecule has 280 valence electrons. The summed E-state index contributed by atoms with van der Waals surface area (Å²) in [6.45, 7) is 24.3. The summed E-state index contributed by atoms with van der Waals surface area (Å²) in [5, 5.41) is 1.89. The second-order valence-electron chi connectivity index (χ2n) is 17.4. The van der Waals surface area contributed by atoms with Gasteiger partial charge in [0, 0.05) is 47.4 Å². The van der Waals surface area contributed by atoms with Crippen LogP contribution in [0.4, 0.5) is 0 Å². The largest absolute Gasteiger partial charge is 0.426 e. The van der Waals surface area contributed by atoms with Gasteiger partial charge in [0.1, 0.15) is 11.5 Å². The van der Waals surface area contributed by atoms with E-state index in [1.807, 2.05) is 62.6 Å². The molecule has 0 saturated heterocycles. The maximum Gasteiger partial charge on any atom is 0.311 e. The number of esters is 2. The Kier molecular flexibility index (Phi) is 13.2. The number of fused-ring (bicyclic) bond motifs is 2. The SMILES string of the molecule is CCOCCc1c[nH]c2cccc(OC(=O)CC(C)(C)CC(C)(C)CC(C)(C)CC(C)(C)CC(=O)Oc3cccc4[nH]cc(CCOCC)c34)c12. The molecule has 2 aromatic heterocycles. The van der Waals surface area contributed by atoms with Gasteiger partial charge in [0.2, 0.25) is 0 Å². The highest BCUT2D eigenvalue weighted by Gasteiger charge is 2.38. The quantitative estimate of drug-likeness (QED) is 0.0540. The number of carbonyl (C=O) groups excluding carboxylic acids is 2. The van der Waals surface area contributed by atoms with Gasteiger partial charge in [-0.25, -0.2) is 0 Å². The molecule has 0 radical (unpaired) electrons. The van der Waals surface area contributed by atoms with Gasteiger partial charge in [-0.1, -0.05) is 67.5 Å². The Hall–Kier alpha value is -3.62. The van der Waals surface area contributed by atoms with E-state index in [0.29, 0.717) is 50.8 Å². The molecule has 4 rings (SSSR count). The van der Waals surface area contributed by atoms with Gasteiger partial charge in [-0.2, -0.15) is 0 Å². The first-order valence-corrected chi connectivity index (χ1v) is 18.7. The maximum atomic E-state index is 13.4. The van der Waals surface area contributed by atoms with E-state index in [9.17, 15) is 9.59 Å². The first-order chi connectivity index (χ1) is 23.9. The lowest BCUT2D eigenvalue weighted by molar-refractivity contribution is -0.137. The average molecular weight is 703 g/mol. The smallest absolute Gasteiger partial charge is 0.311 e. The predicted molar refractivity (Wildman–Crippen MR) is 206 cm³/mol. The van der Waals surface area contributed by atoms with E-state index in [2.05, 4.69) is 65.4 Å². The van der Waals surface area contributed by atoms with Crippen molar-refractivity contribution in [2.75, 3.05) is 26.4 Å². The van der Waals surface area contributed by atoms with Gasteiger partial charge in [0.15, 0.2) is 0 Å². The molecule has 0 unspecified atom stereocenters. The van der Waals surface area contributed by atoms with E-state index in [4.69, 9.17) is 18.9 Å². The van der Waals surface area contributed by atoms with Crippen molar-refractivity contribution in [1.82, 2.24) is 9.97 Å². The van der Waals surface area contributed by atoms with Crippen LogP contribution in [0, 0.1) is 21.7 Å². The van der Waals surface area contributed by atoms with Crippen LogP contribution in [0.25, 0.3) is 21.8 Å². The number of aromatic nitrogens is 2. The number of benzene rings is 2. The Morgan fingerprint density at radius 2 is 0.941 bits per heavy atom. The number of hydrogen-bond donors (Lipinski definition) is 2. The van der Waals surface area contributed by atoms with Gasteiger partial charge in [0.25, 0.3) is 0 Å². The van der Waals surface area contributed by atoms with Crippen LogP contribution in [0.1, 0.15) is 112 Å². The zero-order valence-corrected chi connectivity index (χ0v) is 32.8. The average Bonchev–Trinajstić information content (AvgIpc) is 3.60. The van der Waals surface area contributed by atoms with Crippen LogP contribution in [0.15, 0.2) is 48.8 Å². The lowest BCUT2D eigenvalue weighted by Crippen LogP contribution is -2.33. The third-order valence-corrected chi connectivity index (χ3v) is 9.50. The molecule has 8 nitrogen and oxygen atoms in total. The van der Waals surface area contributed by atoms with Crippen molar-refractivity contribution < 1.29 is 28.5 Å². The molecule has 2 N–H and O–H groups in total. The molecule has 8 heteroatoms. The van der Waals surface area contributed by atoms with Crippen molar-refractivity contribution in [3.05, 3.63) is 59.9 Å². The highest BCUT2D eigenvalue weighted by molar-refractivity contribution is 5.92. The summed E-state index contributed by atoms with van der Waals surface area (Å²) in [6.07, 6.45) is 8.70. The van der Waals surface area contributed by atoms with Gasteiger partial charge >= 0.3 is 11.9 Å². The number of rotatable bonds is 20. The third-order valence-electron chi connectivity index (χ3n) is 9.50. The Morgan fingerprint density at radius 1 is 0.569 bits per heavy atom. The van der Waals surface area contributed by atoms with Crippen LogP contribution in [-0.4, -0.2) is 48.3 Å². The molecule has 0 aliphatic heterocycles. The molecule has 2 aromatic carbocycles. The third kappa shape index (κ3) is 11.7. The molecule has 2 heterocycles. The molecule has 0 saturated carbocycles. The molecule has 0 amide bonds. The fraction of sp³-hybridized carbons (Fsp3) is 0.581. The highest BCUT2D eigenvalue weighted by Crippen LogP contribution is 2.48. The van der Waals surface area contributed by atoms with Gasteiger partial charge in [-0.3, -0.25) is 9.59 Å². The summed E-state index contributed by atoms with van der Waals surface area (Å²) in [7, 11) is 0. The Balaban J connectivity index is 1.34. The minimum Gasteiger partial charge on any atom is -0.426 e. The van der Waals surface area contributed by atoms with E-state index in [1.165, 1.54) is 0 Å². The normalized spacial score (nSPS) is 12.9. The van der Waals surface area contributed by atoms with Crippen LogP contribution in [-0.2, 0) is 31.9 Å². The molecule has 0 fully saturated rings. The molecule has 0 aliphatic carbocycles. The van der Waals surface area contributed by atoms with Crippen molar-refractivity contribution in [2.45, 2.75) is 114 Å². The minimum atomic E-state index is -0.277. The second kappa shape index (κ2) is 16.8. The number of hydrogen-bond acceptors (Lipinski definition) is 6. The molecule has 0 bridgehead atoms. The molecule has 4 aromatic rings. The van der Waals surface area contributed by atoms with E-state index in [-0.39, 0.29) is 33.6 Å². The van der Waals surface area contributed by atoms with Crippen molar-refractivity contribution in [3.8, 4) is 11.5 Å². The topological polar surface area (TPSA) is 103 Å². The summed E-state index contributed by atoms with van der Waals surface area (Å²) in [4.78, 5) is 33.4. The Bertz CT molecular complexity index is 1630. The van der Waals surface area contributed by atoms with Crippen molar-refractivity contribution in [2.24, 2.45) is 21.7 Å². The van der Waals surface area contributed by atoms with Crippen LogP contribution in [0.5, 0.6) is 11.5 Å². The monoisotopic (exact) mass is 702 g/mol. The maximum absolute atomic E-state index is 13.4. The summed E-state index contributed by atoms with van der Waals surface area (Å²) >= 11 is 0. The minimum absolute atomic E-state index is 0.0568. The van der Waals surface area contributed by atoms with Gasteiger partial charge < -0.3 is 28.9 Å². The van der Waals surface area contributed by atoms with Crippen LogP contribution in [0.2, 0.25) is 0 Å². The number of ether oxygens (including phenoxy) is 4. The summed E-state index contributed by atoms with van der Waals surface area (Å²) in [5.74, 6) is 0.731. The summed E-state index contributed by atoms with van der Waals surface area (Å²) < 4.78 is 23.2. The lowest BCUT2D eigenvalue weighted by atomic mass is 9.63. The Morgan fingerprint density at radius 3 is 1.31 bits per heavy atom. The zero-order chi connectivity index (χ0) is 37.5. The first-order valence-electron chi connectivity index (χ1n) is 18.7. The van der Waals surface area contributed by atoms with Crippen molar-refractivity contribution in [1.29, 1.82) is 0 Å².